The Balaban J connectivity index is 2.21. The van der Waals surface area contributed by atoms with Crippen LogP contribution in [-0.4, -0.2) is 54.3 Å². The lowest BCUT2D eigenvalue weighted by molar-refractivity contribution is -0.143. The van der Waals surface area contributed by atoms with Crippen LogP contribution < -0.4 is 0 Å². The van der Waals surface area contributed by atoms with Gasteiger partial charge < -0.3 is 19.5 Å². The molecule has 1 aromatic rings. The summed E-state index contributed by atoms with van der Waals surface area (Å²) in [4.78, 5) is 26.7. The van der Waals surface area contributed by atoms with Gasteiger partial charge in [0.1, 0.15) is 11.3 Å². The summed E-state index contributed by atoms with van der Waals surface area (Å²) in [6, 6.07) is 3.57. The number of hydrogen-bond acceptors (Lipinski definition) is 5. The van der Waals surface area contributed by atoms with Gasteiger partial charge in [-0.15, -0.1) is 0 Å². The highest BCUT2D eigenvalue weighted by molar-refractivity contribution is 5.95. The highest BCUT2D eigenvalue weighted by Gasteiger charge is 2.27. The fraction of sp³-hybridized carbons (Fsp3) is 0.600. The summed E-state index contributed by atoms with van der Waals surface area (Å²) in [5.41, 5.74) is 1.77. The van der Waals surface area contributed by atoms with E-state index in [-0.39, 0.29) is 29.1 Å². The molecule has 0 aliphatic carbocycles. The molecular weight excluding hydrogens is 334 g/mol. The minimum Gasteiger partial charge on any atom is -0.507 e. The molecule has 6 nitrogen and oxygen atoms in total. The molecule has 1 fully saturated rings. The van der Waals surface area contributed by atoms with Crippen molar-refractivity contribution in [1.29, 1.82) is 0 Å². The lowest BCUT2D eigenvalue weighted by Gasteiger charge is -2.29. The molecule has 1 N–H and O–H groups in total. The Labute approximate surface area is 155 Å². The zero-order valence-electron chi connectivity index (χ0n) is 16.2. The van der Waals surface area contributed by atoms with Crippen LogP contribution in [0.1, 0.15) is 67.9 Å². The van der Waals surface area contributed by atoms with E-state index < -0.39 is 12.1 Å². The lowest BCUT2D eigenvalue weighted by atomic mass is 9.92. The van der Waals surface area contributed by atoms with Gasteiger partial charge in [-0.3, -0.25) is 4.79 Å². The number of amides is 1. The highest BCUT2D eigenvalue weighted by Crippen LogP contribution is 2.33. The van der Waals surface area contributed by atoms with Crippen molar-refractivity contribution >= 4 is 11.9 Å². The Kier molecular flexibility index (Phi) is 6.64. The second-order valence-electron chi connectivity index (χ2n) is 7.30. The van der Waals surface area contributed by atoms with Crippen molar-refractivity contribution in [3.63, 3.8) is 0 Å². The first-order valence-electron chi connectivity index (χ1n) is 9.16. The van der Waals surface area contributed by atoms with Crippen LogP contribution in [0.2, 0.25) is 0 Å². The molecule has 26 heavy (non-hydrogen) atoms. The van der Waals surface area contributed by atoms with Crippen molar-refractivity contribution in [3.8, 4) is 5.75 Å². The molecular formula is C20H29NO5. The topological polar surface area (TPSA) is 76.1 Å². The summed E-state index contributed by atoms with van der Waals surface area (Å²) in [6.45, 7) is 11.5. The van der Waals surface area contributed by atoms with Crippen LogP contribution in [0.25, 0.3) is 0 Å². The summed E-state index contributed by atoms with van der Waals surface area (Å²) in [7, 11) is 0. The van der Waals surface area contributed by atoms with Crippen LogP contribution >= 0.6 is 0 Å². The van der Waals surface area contributed by atoms with Gasteiger partial charge in [0.05, 0.1) is 13.2 Å². The molecule has 2 rings (SSSR count). The fourth-order valence-corrected chi connectivity index (χ4v) is 2.92. The highest BCUT2D eigenvalue weighted by atomic mass is 16.5. The minimum absolute atomic E-state index is 0.0626. The maximum Gasteiger partial charge on any atom is 0.342 e. The number of morpholine rings is 1. The number of benzene rings is 1. The molecule has 0 bridgehead atoms. The van der Waals surface area contributed by atoms with Crippen LogP contribution in [0.4, 0.5) is 0 Å². The van der Waals surface area contributed by atoms with Gasteiger partial charge in [0.25, 0.3) is 5.91 Å². The zero-order chi connectivity index (χ0) is 19.4. The average molecular weight is 363 g/mol. The smallest absolute Gasteiger partial charge is 0.342 e. The van der Waals surface area contributed by atoms with E-state index in [2.05, 4.69) is 0 Å². The Bertz CT molecular complexity index is 662. The third-order valence-corrected chi connectivity index (χ3v) is 4.62. The molecule has 144 valence electrons. The first-order chi connectivity index (χ1) is 12.2. The summed E-state index contributed by atoms with van der Waals surface area (Å²) in [6.07, 6.45) is -0.912. The maximum atomic E-state index is 12.6. The molecule has 6 heteroatoms. The molecule has 1 aliphatic rings. The molecule has 1 aliphatic heterocycles. The first kappa shape index (κ1) is 20.2. The van der Waals surface area contributed by atoms with E-state index >= 15 is 0 Å². The number of esters is 1. The Morgan fingerprint density at radius 1 is 1.08 bits per heavy atom. The van der Waals surface area contributed by atoms with Gasteiger partial charge in [-0.25, -0.2) is 4.79 Å². The SMILES string of the molecule is CC(C)c1cc(C(=O)O[C@H](C)C(=O)N2CCOCC2)c(O)c(C(C)C)c1. The second kappa shape index (κ2) is 8.54. The Morgan fingerprint density at radius 2 is 1.69 bits per heavy atom. The van der Waals surface area contributed by atoms with Gasteiger partial charge in [0.2, 0.25) is 0 Å². The van der Waals surface area contributed by atoms with Crippen LogP contribution in [0.3, 0.4) is 0 Å². The number of carbonyl (C=O) groups is 2. The monoisotopic (exact) mass is 363 g/mol. The van der Waals surface area contributed by atoms with Crippen molar-refractivity contribution in [2.75, 3.05) is 26.3 Å². The molecule has 0 spiro atoms. The Morgan fingerprint density at radius 3 is 2.23 bits per heavy atom. The molecule has 0 unspecified atom stereocenters. The van der Waals surface area contributed by atoms with Crippen LogP contribution in [0.5, 0.6) is 5.75 Å². The molecule has 0 saturated carbocycles. The minimum atomic E-state index is -0.912. The van der Waals surface area contributed by atoms with E-state index in [0.29, 0.717) is 31.9 Å². The largest absolute Gasteiger partial charge is 0.507 e. The quantitative estimate of drug-likeness (QED) is 0.814. The number of phenolic OH excluding ortho intramolecular Hbond substituents is 1. The number of aromatic hydroxyl groups is 1. The number of rotatable bonds is 5. The van der Waals surface area contributed by atoms with E-state index in [9.17, 15) is 14.7 Å². The molecule has 0 aromatic heterocycles. The summed E-state index contributed by atoms with van der Waals surface area (Å²) in [5.74, 6) is -0.730. The lowest BCUT2D eigenvalue weighted by Crippen LogP contribution is -2.46. The van der Waals surface area contributed by atoms with E-state index in [1.165, 1.54) is 0 Å². The predicted molar refractivity (Wildman–Crippen MR) is 98.6 cm³/mol. The molecule has 0 radical (unpaired) electrons. The average Bonchev–Trinajstić information content (AvgIpc) is 2.61. The van der Waals surface area contributed by atoms with E-state index in [4.69, 9.17) is 9.47 Å². The number of hydrogen-bond donors (Lipinski definition) is 1. The van der Waals surface area contributed by atoms with Crippen molar-refractivity contribution < 1.29 is 24.2 Å². The van der Waals surface area contributed by atoms with Gasteiger partial charge in [0.15, 0.2) is 6.10 Å². The number of carbonyl (C=O) groups excluding carboxylic acids is 2. The Hall–Kier alpha value is -2.08. The molecule has 1 atom stereocenters. The van der Waals surface area contributed by atoms with Gasteiger partial charge >= 0.3 is 5.97 Å². The third-order valence-electron chi connectivity index (χ3n) is 4.62. The van der Waals surface area contributed by atoms with Gasteiger partial charge in [0, 0.05) is 13.1 Å². The first-order valence-corrected chi connectivity index (χ1v) is 9.16. The normalized spacial score (nSPS) is 16.0. The fourth-order valence-electron chi connectivity index (χ4n) is 2.92. The van der Waals surface area contributed by atoms with Gasteiger partial charge in [-0.1, -0.05) is 33.8 Å². The predicted octanol–water partition coefficient (Wildman–Crippen LogP) is 3.04. The van der Waals surface area contributed by atoms with Crippen molar-refractivity contribution in [3.05, 3.63) is 28.8 Å². The summed E-state index contributed by atoms with van der Waals surface area (Å²) < 4.78 is 10.6. The summed E-state index contributed by atoms with van der Waals surface area (Å²) in [5, 5.41) is 10.5. The molecule has 1 aromatic carbocycles. The second-order valence-corrected chi connectivity index (χ2v) is 7.30. The van der Waals surface area contributed by atoms with Gasteiger partial charge in [-0.05, 0) is 36.0 Å². The van der Waals surface area contributed by atoms with Crippen molar-refractivity contribution in [2.45, 2.75) is 52.6 Å². The van der Waals surface area contributed by atoms with Crippen molar-refractivity contribution in [1.82, 2.24) is 4.90 Å². The van der Waals surface area contributed by atoms with Gasteiger partial charge in [-0.2, -0.15) is 0 Å². The standard InChI is InChI=1S/C20H29NO5/c1-12(2)15-10-16(13(3)4)18(22)17(11-15)20(24)26-14(5)19(23)21-6-8-25-9-7-21/h10-14,22H,6-9H2,1-5H3/t14-/m1/s1. The summed E-state index contributed by atoms with van der Waals surface area (Å²) >= 11 is 0. The van der Waals surface area contributed by atoms with Crippen molar-refractivity contribution in [2.24, 2.45) is 0 Å². The number of phenols is 1. The zero-order valence-corrected chi connectivity index (χ0v) is 16.2. The number of nitrogens with zero attached hydrogens (tertiary/aromatic N) is 1. The van der Waals surface area contributed by atoms with Crippen LogP contribution in [0.15, 0.2) is 12.1 Å². The van der Waals surface area contributed by atoms with E-state index in [0.717, 1.165) is 5.56 Å². The van der Waals surface area contributed by atoms with Crippen LogP contribution in [0, 0.1) is 0 Å². The molecule has 1 amide bonds. The molecule has 1 heterocycles. The van der Waals surface area contributed by atoms with Crippen LogP contribution in [-0.2, 0) is 14.3 Å². The van der Waals surface area contributed by atoms with E-state index in [1.807, 2.05) is 33.8 Å². The van der Waals surface area contributed by atoms with E-state index in [1.54, 1.807) is 17.9 Å². The number of ether oxygens (including phenoxy) is 2. The maximum absolute atomic E-state index is 12.6. The molecule has 1 saturated heterocycles. The third kappa shape index (κ3) is 4.55.